The lowest BCUT2D eigenvalue weighted by atomic mass is 9.95. The van der Waals surface area contributed by atoms with Crippen molar-refractivity contribution in [3.8, 4) is 0 Å². The van der Waals surface area contributed by atoms with Crippen LogP contribution < -0.4 is 0 Å². The molecular weight excluding hydrogens is 394 g/mol. The third-order valence-corrected chi connectivity index (χ3v) is 6.61. The van der Waals surface area contributed by atoms with Crippen LogP contribution in [0.3, 0.4) is 0 Å². The summed E-state index contributed by atoms with van der Waals surface area (Å²) in [6, 6.07) is 7.32. The van der Waals surface area contributed by atoms with Crippen LogP contribution in [-0.4, -0.2) is 77.4 Å². The molecule has 2 unspecified atom stereocenters. The number of morpholine rings is 1. The maximum Gasteiger partial charge on any atom is 0.253 e. The van der Waals surface area contributed by atoms with Crippen molar-refractivity contribution in [3.05, 3.63) is 35.4 Å². The Labute approximate surface area is 184 Å². The van der Waals surface area contributed by atoms with Crippen molar-refractivity contribution in [2.24, 2.45) is 5.92 Å². The first-order valence-electron chi connectivity index (χ1n) is 11.5. The van der Waals surface area contributed by atoms with Crippen LogP contribution in [0.25, 0.3) is 0 Å². The number of carbonyl (C=O) groups is 3. The Hall–Kier alpha value is -2.25. The first kappa shape index (κ1) is 22.0. The van der Waals surface area contributed by atoms with E-state index >= 15 is 0 Å². The number of benzene rings is 1. The lowest BCUT2D eigenvalue weighted by molar-refractivity contribution is -0.139. The SMILES string of the molecule is CC1CN(CC2CCN(C(=O)c3ccc(CN4C(=O)CCC4=O)cc3)CC2)CC(C)O1. The Morgan fingerprint density at radius 3 is 2.13 bits per heavy atom. The molecule has 3 aliphatic rings. The predicted octanol–water partition coefficient (Wildman–Crippen LogP) is 2.30. The number of nitrogens with zero attached hydrogens (tertiary/aromatic N) is 3. The molecule has 0 radical (unpaired) electrons. The Bertz CT molecular complexity index is 791. The van der Waals surface area contributed by atoms with Crippen LogP contribution in [0.2, 0.25) is 0 Å². The average Bonchev–Trinajstić information content (AvgIpc) is 3.06. The van der Waals surface area contributed by atoms with Gasteiger partial charge in [-0.2, -0.15) is 0 Å². The van der Waals surface area contributed by atoms with Gasteiger partial charge < -0.3 is 9.64 Å². The van der Waals surface area contributed by atoms with Gasteiger partial charge in [-0.05, 0) is 50.3 Å². The highest BCUT2D eigenvalue weighted by molar-refractivity contribution is 6.01. The summed E-state index contributed by atoms with van der Waals surface area (Å²) in [7, 11) is 0. The zero-order valence-electron chi connectivity index (χ0n) is 18.6. The van der Waals surface area contributed by atoms with Crippen molar-refractivity contribution in [2.45, 2.75) is 58.3 Å². The summed E-state index contributed by atoms with van der Waals surface area (Å²) in [5.74, 6) is 0.453. The molecule has 2 atom stereocenters. The van der Waals surface area contributed by atoms with E-state index in [1.807, 2.05) is 29.2 Å². The third kappa shape index (κ3) is 5.33. The third-order valence-electron chi connectivity index (χ3n) is 6.61. The predicted molar refractivity (Wildman–Crippen MR) is 116 cm³/mol. The molecule has 0 aliphatic carbocycles. The van der Waals surface area contributed by atoms with E-state index in [-0.39, 0.29) is 36.5 Å². The van der Waals surface area contributed by atoms with Crippen LogP contribution in [0.15, 0.2) is 24.3 Å². The van der Waals surface area contributed by atoms with Gasteiger partial charge in [-0.15, -0.1) is 0 Å². The van der Waals surface area contributed by atoms with Crippen molar-refractivity contribution in [3.63, 3.8) is 0 Å². The van der Waals surface area contributed by atoms with E-state index in [0.29, 0.717) is 24.3 Å². The fraction of sp³-hybridized carbons (Fsp3) is 0.625. The molecule has 4 rings (SSSR count). The second-order valence-corrected chi connectivity index (χ2v) is 9.28. The number of imide groups is 1. The maximum atomic E-state index is 12.9. The maximum absolute atomic E-state index is 12.9. The van der Waals surface area contributed by atoms with E-state index in [1.54, 1.807) is 0 Å². The van der Waals surface area contributed by atoms with Gasteiger partial charge in [-0.25, -0.2) is 0 Å². The highest BCUT2D eigenvalue weighted by Crippen LogP contribution is 2.23. The quantitative estimate of drug-likeness (QED) is 0.675. The van der Waals surface area contributed by atoms with Gasteiger partial charge in [0.25, 0.3) is 5.91 Å². The van der Waals surface area contributed by atoms with Crippen LogP contribution in [0, 0.1) is 5.92 Å². The largest absolute Gasteiger partial charge is 0.373 e. The summed E-state index contributed by atoms with van der Waals surface area (Å²) in [4.78, 5) is 42.3. The summed E-state index contributed by atoms with van der Waals surface area (Å²) in [6.07, 6.45) is 3.24. The first-order valence-corrected chi connectivity index (χ1v) is 11.5. The zero-order valence-corrected chi connectivity index (χ0v) is 18.6. The molecule has 3 heterocycles. The molecule has 7 nitrogen and oxygen atoms in total. The number of carbonyl (C=O) groups excluding carboxylic acids is 3. The van der Waals surface area contributed by atoms with Crippen LogP contribution >= 0.6 is 0 Å². The summed E-state index contributed by atoms with van der Waals surface area (Å²) < 4.78 is 5.83. The van der Waals surface area contributed by atoms with E-state index < -0.39 is 0 Å². The molecule has 0 bridgehead atoms. The standard InChI is InChI=1S/C24H33N3O4/c1-17-13-25(14-18(2)31-17)15-20-9-11-26(12-10-20)24(30)21-5-3-19(4-6-21)16-27-22(28)7-8-23(27)29/h3-6,17-18,20H,7-16H2,1-2H3. The summed E-state index contributed by atoms with van der Waals surface area (Å²) in [6.45, 7) is 9.20. The molecule has 1 aromatic carbocycles. The van der Waals surface area contributed by atoms with E-state index in [2.05, 4.69) is 18.7 Å². The van der Waals surface area contributed by atoms with Crippen molar-refractivity contribution in [1.29, 1.82) is 0 Å². The van der Waals surface area contributed by atoms with Crippen molar-refractivity contribution in [1.82, 2.24) is 14.7 Å². The number of amides is 3. The molecule has 0 aromatic heterocycles. The second-order valence-electron chi connectivity index (χ2n) is 9.28. The van der Waals surface area contributed by atoms with Gasteiger partial charge in [0.15, 0.2) is 0 Å². The Morgan fingerprint density at radius 2 is 1.55 bits per heavy atom. The first-order chi connectivity index (χ1) is 14.9. The van der Waals surface area contributed by atoms with Gasteiger partial charge >= 0.3 is 0 Å². The van der Waals surface area contributed by atoms with Crippen molar-refractivity contribution >= 4 is 17.7 Å². The monoisotopic (exact) mass is 427 g/mol. The van der Waals surface area contributed by atoms with Gasteiger partial charge in [-0.3, -0.25) is 24.2 Å². The molecule has 0 saturated carbocycles. The fourth-order valence-electron chi connectivity index (χ4n) is 5.03. The molecule has 3 saturated heterocycles. The molecule has 0 N–H and O–H groups in total. The second kappa shape index (κ2) is 9.49. The van der Waals surface area contributed by atoms with Gasteiger partial charge in [0.2, 0.25) is 11.8 Å². The van der Waals surface area contributed by atoms with E-state index in [4.69, 9.17) is 4.74 Å². The van der Waals surface area contributed by atoms with Crippen LogP contribution in [0.5, 0.6) is 0 Å². The Morgan fingerprint density at radius 1 is 0.968 bits per heavy atom. The highest BCUT2D eigenvalue weighted by Gasteiger charge is 2.30. The number of hydrogen-bond acceptors (Lipinski definition) is 5. The van der Waals surface area contributed by atoms with Crippen molar-refractivity contribution < 1.29 is 19.1 Å². The van der Waals surface area contributed by atoms with E-state index in [0.717, 1.165) is 51.1 Å². The average molecular weight is 428 g/mol. The molecule has 0 spiro atoms. The summed E-state index contributed by atoms with van der Waals surface area (Å²) in [5, 5.41) is 0. The van der Waals surface area contributed by atoms with Gasteiger partial charge in [0.1, 0.15) is 0 Å². The highest BCUT2D eigenvalue weighted by atomic mass is 16.5. The number of ether oxygens (including phenoxy) is 1. The van der Waals surface area contributed by atoms with Crippen molar-refractivity contribution in [2.75, 3.05) is 32.7 Å². The molecule has 168 valence electrons. The Balaban J connectivity index is 1.26. The van der Waals surface area contributed by atoms with Crippen LogP contribution in [0.4, 0.5) is 0 Å². The van der Waals surface area contributed by atoms with Crippen LogP contribution in [-0.2, 0) is 20.9 Å². The molecule has 3 aliphatic heterocycles. The lowest BCUT2D eigenvalue weighted by Gasteiger charge is -2.39. The smallest absolute Gasteiger partial charge is 0.253 e. The number of piperidine rings is 1. The minimum Gasteiger partial charge on any atom is -0.373 e. The minimum atomic E-state index is -0.117. The lowest BCUT2D eigenvalue weighted by Crippen LogP contribution is -2.48. The van der Waals surface area contributed by atoms with Gasteiger partial charge in [0, 0.05) is 51.1 Å². The molecule has 3 fully saturated rings. The fourth-order valence-corrected chi connectivity index (χ4v) is 5.03. The molecular formula is C24H33N3O4. The zero-order chi connectivity index (χ0) is 22.0. The number of rotatable bonds is 5. The van der Waals surface area contributed by atoms with Crippen LogP contribution in [0.1, 0.15) is 55.5 Å². The minimum absolute atomic E-state index is 0.0620. The number of likely N-dealkylation sites (tertiary alicyclic amines) is 2. The van der Waals surface area contributed by atoms with E-state index in [9.17, 15) is 14.4 Å². The Kier molecular flexibility index (Phi) is 6.72. The molecule has 31 heavy (non-hydrogen) atoms. The van der Waals surface area contributed by atoms with Gasteiger partial charge in [0.05, 0.1) is 18.8 Å². The summed E-state index contributed by atoms with van der Waals surface area (Å²) in [5.41, 5.74) is 1.53. The molecule has 3 amide bonds. The normalized spacial score (nSPS) is 26.0. The number of hydrogen-bond donors (Lipinski definition) is 0. The van der Waals surface area contributed by atoms with Gasteiger partial charge in [-0.1, -0.05) is 12.1 Å². The topological polar surface area (TPSA) is 70.2 Å². The molecule has 1 aromatic rings. The molecule has 7 heteroatoms. The summed E-state index contributed by atoms with van der Waals surface area (Å²) >= 11 is 0. The van der Waals surface area contributed by atoms with E-state index in [1.165, 1.54) is 4.90 Å².